The fourth-order valence-electron chi connectivity index (χ4n) is 4.70. The van der Waals surface area contributed by atoms with Gasteiger partial charge in [-0.25, -0.2) is 4.98 Å². The van der Waals surface area contributed by atoms with Gasteiger partial charge in [0.25, 0.3) is 5.56 Å². The van der Waals surface area contributed by atoms with Crippen molar-refractivity contribution in [1.82, 2.24) is 9.55 Å². The first-order chi connectivity index (χ1) is 15.5. The second-order valence-corrected chi connectivity index (χ2v) is 9.92. The van der Waals surface area contributed by atoms with E-state index in [2.05, 4.69) is 13.0 Å². The van der Waals surface area contributed by atoms with Crippen molar-refractivity contribution in [2.45, 2.75) is 62.2 Å². The highest BCUT2D eigenvalue weighted by molar-refractivity contribution is 8.00. The highest BCUT2D eigenvalue weighted by atomic mass is 32.2. The Morgan fingerprint density at radius 1 is 1.22 bits per heavy atom. The van der Waals surface area contributed by atoms with Crippen LogP contribution in [-0.4, -0.2) is 39.5 Å². The molecule has 6 nitrogen and oxygen atoms in total. The van der Waals surface area contributed by atoms with Crippen molar-refractivity contribution in [3.05, 3.63) is 64.4 Å². The van der Waals surface area contributed by atoms with Gasteiger partial charge in [-0.15, -0.1) is 0 Å². The zero-order valence-electron chi connectivity index (χ0n) is 18.4. The molecule has 0 spiro atoms. The van der Waals surface area contributed by atoms with E-state index in [0.717, 1.165) is 31.6 Å². The van der Waals surface area contributed by atoms with E-state index in [9.17, 15) is 9.59 Å². The third-order valence-corrected chi connectivity index (χ3v) is 7.39. The lowest BCUT2D eigenvalue weighted by Crippen LogP contribution is -2.40. The molecule has 166 valence electrons. The summed E-state index contributed by atoms with van der Waals surface area (Å²) in [5, 5.41) is 0.786. The summed E-state index contributed by atoms with van der Waals surface area (Å²) in [7, 11) is 0. The maximum absolute atomic E-state index is 13.5. The molecule has 2 aliphatic rings. The van der Waals surface area contributed by atoms with E-state index in [4.69, 9.17) is 9.72 Å². The highest BCUT2D eigenvalue weighted by Crippen LogP contribution is 2.34. The molecule has 1 saturated heterocycles. The molecular formula is C25H27N3O3S. The molecule has 1 fully saturated rings. The maximum atomic E-state index is 13.5. The van der Waals surface area contributed by atoms with Crippen molar-refractivity contribution in [3.8, 4) is 0 Å². The molecule has 2 aromatic carbocycles. The van der Waals surface area contributed by atoms with Crippen LogP contribution in [0.4, 0.5) is 5.69 Å². The number of carbonyl (C=O) groups is 1. The van der Waals surface area contributed by atoms with Gasteiger partial charge in [0.15, 0.2) is 5.16 Å². The first-order valence-electron chi connectivity index (χ1n) is 11.2. The van der Waals surface area contributed by atoms with Crippen LogP contribution in [0.1, 0.15) is 32.3 Å². The molecule has 3 heterocycles. The van der Waals surface area contributed by atoms with Crippen molar-refractivity contribution >= 4 is 34.3 Å². The number of fused-ring (bicyclic) bond motifs is 2. The first kappa shape index (κ1) is 21.2. The molecule has 0 unspecified atom stereocenters. The van der Waals surface area contributed by atoms with E-state index in [1.54, 1.807) is 4.57 Å². The second-order valence-electron chi connectivity index (χ2n) is 8.61. The number of rotatable bonds is 5. The Morgan fingerprint density at radius 2 is 2.00 bits per heavy atom. The van der Waals surface area contributed by atoms with Crippen LogP contribution in [0.25, 0.3) is 10.9 Å². The lowest BCUT2D eigenvalue weighted by Gasteiger charge is -2.26. The van der Waals surface area contributed by atoms with Gasteiger partial charge in [0.1, 0.15) is 0 Å². The number of para-hydroxylation sites is 2. The van der Waals surface area contributed by atoms with Gasteiger partial charge in [-0.05, 0) is 56.9 Å². The predicted octanol–water partition coefficient (Wildman–Crippen LogP) is 4.03. The Bertz CT molecular complexity index is 1220. The summed E-state index contributed by atoms with van der Waals surface area (Å²) < 4.78 is 7.50. The number of benzene rings is 2. The van der Waals surface area contributed by atoms with Crippen molar-refractivity contribution in [3.63, 3.8) is 0 Å². The molecule has 0 N–H and O–H groups in total. The van der Waals surface area contributed by atoms with Gasteiger partial charge in [-0.1, -0.05) is 42.1 Å². The van der Waals surface area contributed by atoms with Gasteiger partial charge in [0, 0.05) is 18.3 Å². The van der Waals surface area contributed by atoms with Gasteiger partial charge in [0.2, 0.25) is 5.91 Å². The smallest absolute Gasteiger partial charge is 0.262 e. The Labute approximate surface area is 191 Å². The predicted molar refractivity (Wildman–Crippen MR) is 127 cm³/mol. The van der Waals surface area contributed by atoms with Gasteiger partial charge in [0.05, 0.1) is 28.8 Å². The number of aromatic nitrogens is 2. The summed E-state index contributed by atoms with van der Waals surface area (Å²) in [5.74, 6) is 0.0403. The van der Waals surface area contributed by atoms with Gasteiger partial charge >= 0.3 is 0 Å². The van der Waals surface area contributed by atoms with Crippen LogP contribution in [0.2, 0.25) is 0 Å². The molecule has 0 aliphatic carbocycles. The molecule has 5 rings (SSSR count). The molecule has 32 heavy (non-hydrogen) atoms. The van der Waals surface area contributed by atoms with E-state index in [1.165, 1.54) is 17.3 Å². The number of anilines is 1. The number of amides is 1. The third kappa shape index (κ3) is 3.84. The lowest BCUT2D eigenvalue weighted by molar-refractivity contribution is -0.118. The zero-order chi connectivity index (χ0) is 22.2. The van der Waals surface area contributed by atoms with Gasteiger partial charge < -0.3 is 9.64 Å². The standard InChI is InChI=1S/C25H27N3O3S/c1-16-14-18-8-3-6-12-22(18)28(16)23(29)17(2)32-25-26-21-11-5-4-10-20(21)24(30)27(25)15-19-9-7-13-31-19/h3-6,8,10-12,16-17,19H,7,9,13-15H2,1-2H3/t16-,17+,19+/m0/s1. The van der Waals surface area contributed by atoms with Crippen LogP contribution in [0, 0.1) is 0 Å². The summed E-state index contributed by atoms with van der Waals surface area (Å²) in [6, 6.07) is 15.6. The highest BCUT2D eigenvalue weighted by Gasteiger charge is 2.34. The van der Waals surface area contributed by atoms with E-state index >= 15 is 0 Å². The fourth-order valence-corrected chi connectivity index (χ4v) is 5.66. The number of nitrogens with zero attached hydrogens (tertiary/aromatic N) is 3. The number of hydrogen-bond acceptors (Lipinski definition) is 5. The van der Waals surface area contributed by atoms with Crippen LogP contribution >= 0.6 is 11.8 Å². The molecule has 3 aromatic rings. The fraction of sp³-hybridized carbons (Fsp3) is 0.400. The number of thioether (sulfide) groups is 1. The van der Waals surface area contributed by atoms with E-state index < -0.39 is 0 Å². The van der Waals surface area contributed by atoms with Crippen LogP contribution in [-0.2, 0) is 22.5 Å². The summed E-state index contributed by atoms with van der Waals surface area (Å²) in [6.07, 6.45) is 2.80. The molecule has 0 bridgehead atoms. The van der Waals surface area contributed by atoms with Crippen molar-refractivity contribution < 1.29 is 9.53 Å². The lowest BCUT2D eigenvalue weighted by atomic mass is 10.1. The maximum Gasteiger partial charge on any atom is 0.262 e. The summed E-state index contributed by atoms with van der Waals surface area (Å²) in [4.78, 5) is 33.5. The van der Waals surface area contributed by atoms with Gasteiger partial charge in [-0.2, -0.15) is 0 Å². The summed E-state index contributed by atoms with van der Waals surface area (Å²) in [5.41, 5.74) is 2.77. The normalized spacial score (nSPS) is 21.1. The average Bonchev–Trinajstić information content (AvgIpc) is 3.42. The summed E-state index contributed by atoms with van der Waals surface area (Å²) in [6.45, 7) is 5.17. The molecule has 2 aliphatic heterocycles. The van der Waals surface area contributed by atoms with Crippen molar-refractivity contribution in [1.29, 1.82) is 0 Å². The average molecular weight is 450 g/mol. The Balaban J connectivity index is 1.47. The summed E-state index contributed by atoms with van der Waals surface area (Å²) >= 11 is 1.36. The van der Waals surface area contributed by atoms with Crippen molar-refractivity contribution in [2.75, 3.05) is 11.5 Å². The molecule has 1 amide bonds. The molecule has 7 heteroatoms. The minimum Gasteiger partial charge on any atom is -0.376 e. The van der Waals surface area contributed by atoms with E-state index in [-0.39, 0.29) is 28.9 Å². The SMILES string of the molecule is C[C@@H](Sc1nc2ccccc2c(=O)n1C[C@H]1CCCO1)C(=O)N1c2ccccc2C[C@@H]1C. The topological polar surface area (TPSA) is 64.4 Å². The largest absolute Gasteiger partial charge is 0.376 e. The van der Waals surface area contributed by atoms with E-state index in [1.807, 2.05) is 54.3 Å². The Morgan fingerprint density at radius 3 is 2.81 bits per heavy atom. The monoisotopic (exact) mass is 449 g/mol. The van der Waals surface area contributed by atoms with Crippen molar-refractivity contribution in [2.24, 2.45) is 0 Å². The third-order valence-electron chi connectivity index (χ3n) is 6.31. The van der Waals surface area contributed by atoms with Crippen LogP contribution in [0.5, 0.6) is 0 Å². The van der Waals surface area contributed by atoms with Crippen LogP contribution in [0.3, 0.4) is 0 Å². The van der Waals surface area contributed by atoms with E-state index in [0.29, 0.717) is 22.6 Å². The minimum atomic E-state index is -0.382. The molecule has 0 radical (unpaired) electrons. The van der Waals surface area contributed by atoms with Crippen LogP contribution < -0.4 is 10.5 Å². The molecule has 0 saturated carbocycles. The molecule has 1 aromatic heterocycles. The first-order valence-corrected chi connectivity index (χ1v) is 12.1. The number of ether oxygens (including phenoxy) is 1. The Hall–Kier alpha value is -2.64. The number of hydrogen-bond donors (Lipinski definition) is 0. The Kier molecular flexibility index (Phi) is 5.78. The quantitative estimate of drug-likeness (QED) is 0.435. The molecule has 3 atom stereocenters. The van der Waals surface area contributed by atoms with Crippen LogP contribution in [0.15, 0.2) is 58.5 Å². The van der Waals surface area contributed by atoms with Gasteiger partial charge in [-0.3, -0.25) is 14.2 Å². The second kappa shape index (κ2) is 8.71. The molecular weight excluding hydrogens is 422 g/mol. The zero-order valence-corrected chi connectivity index (χ0v) is 19.2. The number of carbonyl (C=O) groups excluding carboxylic acids is 1. The minimum absolute atomic E-state index is 0.00602.